The van der Waals surface area contributed by atoms with Crippen LogP contribution in [0.15, 0.2) is 42.6 Å². The van der Waals surface area contributed by atoms with E-state index in [-0.39, 0.29) is 0 Å². The molecule has 1 unspecified atom stereocenters. The fourth-order valence-electron chi connectivity index (χ4n) is 3.16. The van der Waals surface area contributed by atoms with Crippen molar-refractivity contribution >= 4 is 0 Å². The van der Waals surface area contributed by atoms with Crippen LogP contribution in [0.4, 0.5) is 0 Å². The molecule has 1 atom stereocenters. The van der Waals surface area contributed by atoms with Crippen molar-refractivity contribution in [3.8, 4) is 0 Å². The van der Waals surface area contributed by atoms with Crippen LogP contribution in [0.2, 0.25) is 0 Å². The molecule has 1 aliphatic rings. The van der Waals surface area contributed by atoms with E-state index in [0.717, 1.165) is 19.3 Å². The number of hydrogen-bond donors (Lipinski definition) is 1. The SMILES string of the molecule is Cc1cccnc1CC(C)NC1Cc2ccccc2C1. The smallest absolute Gasteiger partial charge is 0.0448 e. The lowest BCUT2D eigenvalue weighted by molar-refractivity contribution is 0.450. The number of nitrogens with zero attached hydrogens (tertiary/aromatic N) is 1. The number of nitrogens with one attached hydrogen (secondary N) is 1. The highest BCUT2D eigenvalue weighted by atomic mass is 14.9. The van der Waals surface area contributed by atoms with Gasteiger partial charge in [0.2, 0.25) is 0 Å². The van der Waals surface area contributed by atoms with Gasteiger partial charge < -0.3 is 5.32 Å². The largest absolute Gasteiger partial charge is 0.310 e. The van der Waals surface area contributed by atoms with Gasteiger partial charge in [0.05, 0.1) is 0 Å². The molecule has 1 aliphatic carbocycles. The molecule has 1 heterocycles. The second-order valence-corrected chi connectivity index (χ2v) is 5.91. The summed E-state index contributed by atoms with van der Waals surface area (Å²) in [4.78, 5) is 4.49. The molecular weight excluding hydrogens is 244 g/mol. The fourth-order valence-corrected chi connectivity index (χ4v) is 3.16. The highest BCUT2D eigenvalue weighted by Gasteiger charge is 2.22. The molecule has 104 valence electrons. The summed E-state index contributed by atoms with van der Waals surface area (Å²) in [5, 5.41) is 3.76. The van der Waals surface area contributed by atoms with Crippen molar-refractivity contribution in [3.63, 3.8) is 0 Å². The zero-order valence-corrected chi connectivity index (χ0v) is 12.3. The number of fused-ring (bicyclic) bond motifs is 1. The van der Waals surface area contributed by atoms with Gasteiger partial charge in [0.25, 0.3) is 0 Å². The third-order valence-corrected chi connectivity index (χ3v) is 4.19. The van der Waals surface area contributed by atoms with Gasteiger partial charge in [-0.3, -0.25) is 4.98 Å². The third kappa shape index (κ3) is 2.91. The molecule has 0 radical (unpaired) electrons. The lowest BCUT2D eigenvalue weighted by atomic mass is 10.1. The first-order valence-electron chi connectivity index (χ1n) is 7.45. The Labute approximate surface area is 121 Å². The van der Waals surface area contributed by atoms with Gasteiger partial charge in [-0.1, -0.05) is 30.3 Å². The summed E-state index contributed by atoms with van der Waals surface area (Å²) in [5.74, 6) is 0. The molecule has 0 saturated carbocycles. The molecule has 2 heteroatoms. The zero-order chi connectivity index (χ0) is 13.9. The topological polar surface area (TPSA) is 24.9 Å². The quantitative estimate of drug-likeness (QED) is 0.920. The number of aryl methyl sites for hydroxylation is 1. The average molecular weight is 266 g/mol. The van der Waals surface area contributed by atoms with Crippen LogP contribution < -0.4 is 5.32 Å². The van der Waals surface area contributed by atoms with Gasteiger partial charge in [-0.2, -0.15) is 0 Å². The zero-order valence-electron chi connectivity index (χ0n) is 12.3. The summed E-state index contributed by atoms with van der Waals surface area (Å²) in [6.07, 6.45) is 5.20. The van der Waals surface area contributed by atoms with Gasteiger partial charge in [0.1, 0.15) is 0 Å². The molecule has 0 fully saturated rings. The lowest BCUT2D eigenvalue weighted by Crippen LogP contribution is -2.38. The molecule has 0 aliphatic heterocycles. The van der Waals surface area contributed by atoms with Crippen LogP contribution in [0.5, 0.6) is 0 Å². The molecule has 0 bridgehead atoms. The minimum Gasteiger partial charge on any atom is -0.310 e. The first kappa shape index (κ1) is 13.3. The standard InChI is InChI=1S/C18H22N2/c1-13-6-5-9-19-18(13)10-14(2)20-17-11-15-7-3-4-8-16(15)12-17/h3-9,14,17,20H,10-12H2,1-2H3. The van der Waals surface area contributed by atoms with Crippen molar-refractivity contribution in [1.29, 1.82) is 0 Å². The Kier molecular flexibility index (Phi) is 3.83. The van der Waals surface area contributed by atoms with Crippen LogP contribution in [0, 0.1) is 6.92 Å². The fraction of sp³-hybridized carbons (Fsp3) is 0.389. The van der Waals surface area contributed by atoms with E-state index in [4.69, 9.17) is 0 Å². The number of benzene rings is 1. The third-order valence-electron chi connectivity index (χ3n) is 4.19. The maximum Gasteiger partial charge on any atom is 0.0448 e. The van der Waals surface area contributed by atoms with Gasteiger partial charge in [-0.25, -0.2) is 0 Å². The summed E-state index contributed by atoms with van der Waals surface area (Å²) < 4.78 is 0. The Morgan fingerprint density at radius 3 is 2.50 bits per heavy atom. The lowest BCUT2D eigenvalue weighted by Gasteiger charge is -2.19. The van der Waals surface area contributed by atoms with E-state index in [1.807, 2.05) is 12.3 Å². The molecule has 20 heavy (non-hydrogen) atoms. The summed E-state index contributed by atoms with van der Waals surface area (Å²) in [7, 11) is 0. The summed E-state index contributed by atoms with van der Waals surface area (Å²) in [5.41, 5.74) is 5.51. The number of rotatable bonds is 4. The highest BCUT2D eigenvalue weighted by molar-refractivity contribution is 5.33. The van der Waals surface area contributed by atoms with Gasteiger partial charge in [0, 0.05) is 30.4 Å². The molecule has 1 aromatic heterocycles. The molecular formula is C18H22N2. The predicted molar refractivity (Wildman–Crippen MR) is 82.9 cm³/mol. The predicted octanol–water partition coefficient (Wildman–Crippen LogP) is 3.08. The summed E-state index contributed by atoms with van der Waals surface area (Å²) in [6, 6.07) is 14.0. The van der Waals surface area contributed by atoms with Gasteiger partial charge in [-0.15, -0.1) is 0 Å². The van der Waals surface area contributed by atoms with Crippen LogP contribution in [-0.2, 0) is 19.3 Å². The number of hydrogen-bond acceptors (Lipinski definition) is 2. The van der Waals surface area contributed by atoms with Crippen molar-refractivity contribution in [2.75, 3.05) is 0 Å². The Morgan fingerprint density at radius 1 is 1.15 bits per heavy atom. The van der Waals surface area contributed by atoms with Crippen LogP contribution in [-0.4, -0.2) is 17.1 Å². The second kappa shape index (κ2) is 5.76. The van der Waals surface area contributed by atoms with Crippen molar-refractivity contribution in [3.05, 3.63) is 65.0 Å². The maximum atomic E-state index is 4.49. The van der Waals surface area contributed by atoms with E-state index in [9.17, 15) is 0 Å². The van der Waals surface area contributed by atoms with Crippen LogP contribution >= 0.6 is 0 Å². The van der Waals surface area contributed by atoms with Crippen LogP contribution in [0.1, 0.15) is 29.3 Å². The Balaban J connectivity index is 1.59. The first-order valence-corrected chi connectivity index (χ1v) is 7.45. The second-order valence-electron chi connectivity index (χ2n) is 5.91. The van der Waals surface area contributed by atoms with E-state index in [2.05, 4.69) is 54.5 Å². The first-order chi connectivity index (χ1) is 9.72. The number of pyridine rings is 1. The summed E-state index contributed by atoms with van der Waals surface area (Å²) in [6.45, 7) is 4.40. The molecule has 3 rings (SSSR count). The minimum absolute atomic E-state index is 0.461. The van der Waals surface area contributed by atoms with Crippen molar-refractivity contribution in [2.45, 2.75) is 45.2 Å². The Morgan fingerprint density at radius 2 is 1.85 bits per heavy atom. The van der Waals surface area contributed by atoms with Crippen molar-refractivity contribution in [1.82, 2.24) is 10.3 Å². The van der Waals surface area contributed by atoms with Crippen LogP contribution in [0.3, 0.4) is 0 Å². The van der Waals surface area contributed by atoms with E-state index < -0.39 is 0 Å². The maximum absolute atomic E-state index is 4.49. The highest BCUT2D eigenvalue weighted by Crippen LogP contribution is 2.22. The molecule has 0 spiro atoms. The molecule has 1 N–H and O–H groups in total. The molecule has 0 amide bonds. The normalized spacial score (nSPS) is 16.1. The van der Waals surface area contributed by atoms with E-state index >= 15 is 0 Å². The molecule has 2 aromatic rings. The molecule has 1 aromatic carbocycles. The van der Waals surface area contributed by atoms with Gasteiger partial charge >= 0.3 is 0 Å². The van der Waals surface area contributed by atoms with Crippen LogP contribution in [0.25, 0.3) is 0 Å². The van der Waals surface area contributed by atoms with E-state index in [1.54, 1.807) is 0 Å². The van der Waals surface area contributed by atoms with Gasteiger partial charge in [-0.05, 0) is 49.4 Å². The molecule has 0 saturated heterocycles. The van der Waals surface area contributed by atoms with Crippen molar-refractivity contribution < 1.29 is 0 Å². The van der Waals surface area contributed by atoms with Crippen molar-refractivity contribution in [2.24, 2.45) is 0 Å². The summed E-state index contributed by atoms with van der Waals surface area (Å²) >= 11 is 0. The van der Waals surface area contributed by atoms with E-state index in [1.165, 1.54) is 22.4 Å². The van der Waals surface area contributed by atoms with Gasteiger partial charge in [0.15, 0.2) is 0 Å². The monoisotopic (exact) mass is 266 g/mol. The van der Waals surface area contributed by atoms with E-state index in [0.29, 0.717) is 12.1 Å². The minimum atomic E-state index is 0.461. The Bertz CT molecular complexity index is 566. The number of aromatic nitrogens is 1. The Hall–Kier alpha value is -1.67. The molecule has 2 nitrogen and oxygen atoms in total. The average Bonchev–Trinajstić information content (AvgIpc) is 2.83.